The van der Waals surface area contributed by atoms with Gasteiger partial charge in [-0.1, -0.05) is 11.6 Å². The van der Waals surface area contributed by atoms with E-state index in [1.54, 1.807) is 34.1 Å². The van der Waals surface area contributed by atoms with E-state index in [4.69, 9.17) is 11.6 Å². The Kier molecular flexibility index (Phi) is 5.75. The van der Waals surface area contributed by atoms with E-state index in [-0.39, 0.29) is 37.6 Å². The highest BCUT2D eigenvalue weighted by atomic mass is 35.5. The Hall–Kier alpha value is -3.60. The number of anilines is 2. The van der Waals surface area contributed by atoms with Crippen LogP contribution in [-0.4, -0.2) is 47.8 Å². The summed E-state index contributed by atoms with van der Waals surface area (Å²) in [5, 5.41) is 11.8. The smallest absolute Gasteiger partial charge is 0.363 e. The van der Waals surface area contributed by atoms with Crippen molar-refractivity contribution in [3.05, 3.63) is 74.9 Å². The van der Waals surface area contributed by atoms with Gasteiger partial charge in [-0.25, -0.2) is 4.90 Å². The van der Waals surface area contributed by atoms with Gasteiger partial charge in [-0.2, -0.15) is 13.2 Å². The number of carbonyl (C=O) groups excluding carboxylic acids is 2. The Morgan fingerprint density at radius 2 is 1.55 bits per heavy atom. The van der Waals surface area contributed by atoms with E-state index in [0.29, 0.717) is 16.8 Å². The number of alkyl halides is 3. The van der Waals surface area contributed by atoms with Gasteiger partial charge in [0, 0.05) is 43.3 Å². The van der Waals surface area contributed by atoms with Crippen LogP contribution in [0.3, 0.4) is 0 Å². The highest BCUT2D eigenvalue weighted by molar-refractivity contribution is 6.32. The van der Waals surface area contributed by atoms with Gasteiger partial charge in [-0.15, -0.1) is 0 Å². The monoisotopic (exact) mass is 480 g/mol. The molecule has 4 rings (SSSR count). The molecule has 33 heavy (non-hydrogen) atoms. The maximum absolute atomic E-state index is 13.0. The minimum atomic E-state index is -4.69. The second-order valence-corrected chi connectivity index (χ2v) is 7.85. The predicted molar refractivity (Wildman–Crippen MR) is 114 cm³/mol. The molecule has 0 saturated carbocycles. The van der Waals surface area contributed by atoms with Crippen molar-refractivity contribution < 1.29 is 27.7 Å². The molecule has 1 saturated heterocycles. The van der Waals surface area contributed by atoms with Crippen molar-refractivity contribution in [2.45, 2.75) is 6.18 Å². The zero-order chi connectivity index (χ0) is 23.9. The van der Waals surface area contributed by atoms with E-state index >= 15 is 0 Å². The third kappa shape index (κ3) is 4.36. The van der Waals surface area contributed by atoms with E-state index < -0.39 is 34.2 Å². The lowest BCUT2D eigenvalue weighted by atomic mass is 10.1. The molecule has 0 unspecified atom stereocenters. The SMILES string of the molecule is O=C1C=C(N2CCN(c3ccc(C(F)(F)F)cc3[N+](=O)[O-])CC2)C(=O)N1c1ccc(Cl)cc1. The number of halogens is 4. The summed E-state index contributed by atoms with van der Waals surface area (Å²) < 4.78 is 38.9. The summed E-state index contributed by atoms with van der Waals surface area (Å²) in [7, 11) is 0. The van der Waals surface area contributed by atoms with Crippen molar-refractivity contribution in [1.82, 2.24) is 4.90 Å². The Bertz CT molecular complexity index is 1160. The highest BCUT2D eigenvalue weighted by Crippen LogP contribution is 2.37. The van der Waals surface area contributed by atoms with Crippen LogP contribution in [0.2, 0.25) is 5.02 Å². The minimum absolute atomic E-state index is 0.0678. The fourth-order valence-corrected chi connectivity index (χ4v) is 3.95. The Labute approximate surface area is 190 Å². The number of benzene rings is 2. The molecule has 2 amide bonds. The number of nitro groups is 1. The van der Waals surface area contributed by atoms with Crippen molar-refractivity contribution in [2.24, 2.45) is 0 Å². The van der Waals surface area contributed by atoms with Crippen LogP contribution in [0.15, 0.2) is 54.2 Å². The molecule has 12 heteroatoms. The summed E-state index contributed by atoms with van der Waals surface area (Å²) in [6.07, 6.45) is -3.47. The zero-order valence-electron chi connectivity index (χ0n) is 16.9. The van der Waals surface area contributed by atoms with Crippen LogP contribution in [0.5, 0.6) is 0 Å². The van der Waals surface area contributed by atoms with E-state index in [0.717, 1.165) is 17.0 Å². The van der Waals surface area contributed by atoms with Gasteiger partial charge < -0.3 is 9.80 Å². The lowest BCUT2D eigenvalue weighted by Gasteiger charge is -2.37. The molecule has 2 aliphatic heterocycles. The van der Waals surface area contributed by atoms with Crippen LogP contribution in [0.1, 0.15) is 5.56 Å². The zero-order valence-corrected chi connectivity index (χ0v) is 17.6. The number of hydrogen-bond donors (Lipinski definition) is 0. The first-order valence-electron chi connectivity index (χ1n) is 9.77. The van der Waals surface area contributed by atoms with E-state index in [9.17, 15) is 32.9 Å². The molecule has 1 fully saturated rings. The lowest BCUT2D eigenvalue weighted by molar-refractivity contribution is -0.384. The molecule has 8 nitrogen and oxygen atoms in total. The summed E-state index contributed by atoms with van der Waals surface area (Å²) in [5.74, 6) is -1.01. The number of carbonyl (C=O) groups is 2. The van der Waals surface area contributed by atoms with Crippen LogP contribution in [0.4, 0.5) is 30.2 Å². The molecule has 0 spiro atoms. The number of hydrogen-bond acceptors (Lipinski definition) is 6. The molecule has 0 aromatic heterocycles. The highest BCUT2D eigenvalue weighted by Gasteiger charge is 2.38. The van der Waals surface area contributed by atoms with E-state index in [1.807, 2.05) is 0 Å². The van der Waals surface area contributed by atoms with Crippen LogP contribution in [0, 0.1) is 10.1 Å². The molecule has 0 aliphatic carbocycles. The Balaban J connectivity index is 1.49. The first-order chi connectivity index (χ1) is 15.6. The van der Waals surface area contributed by atoms with Gasteiger partial charge in [0.25, 0.3) is 17.5 Å². The summed E-state index contributed by atoms with van der Waals surface area (Å²) in [6.45, 7) is 0.924. The van der Waals surface area contributed by atoms with Crippen molar-refractivity contribution in [3.63, 3.8) is 0 Å². The van der Waals surface area contributed by atoms with Crippen molar-refractivity contribution in [1.29, 1.82) is 0 Å². The van der Waals surface area contributed by atoms with Crippen LogP contribution >= 0.6 is 11.6 Å². The van der Waals surface area contributed by atoms with Crippen molar-refractivity contribution in [3.8, 4) is 0 Å². The fourth-order valence-electron chi connectivity index (χ4n) is 3.82. The maximum atomic E-state index is 13.0. The number of piperazine rings is 1. The molecule has 2 aliphatic rings. The molecule has 0 N–H and O–H groups in total. The molecule has 0 atom stereocenters. The van der Waals surface area contributed by atoms with E-state index in [2.05, 4.69) is 0 Å². The van der Waals surface area contributed by atoms with Gasteiger partial charge in [0.2, 0.25) is 0 Å². The molecular formula is C21H16ClF3N4O4. The number of imide groups is 1. The molecule has 0 bridgehead atoms. The summed E-state index contributed by atoms with van der Waals surface area (Å²) in [5.41, 5.74) is -1.10. The van der Waals surface area contributed by atoms with Gasteiger partial charge in [-0.3, -0.25) is 19.7 Å². The first-order valence-corrected chi connectivity index (χ1v) is 10.2. The van der Waals surface area contributed by atoms with Crippen molar-refractivity contribution in [2.75, 3.05) is 36.0 Å². The third-order valence-corrected chi connectivity index (χ3v) is 5.70. The van der Waals surface area contributed by atoms with Crippen LogP contribution < -0.4 is 9.80 Å². The minimum Gasteiger partial charge on any atom is -0.363 e. The second kappa shape index (κ2) is 8.39. The standard InChI is InChI=1S/C21H16ClF3N4O4/c22-14-2-4-15(5-3-14)28-19(30)12-18(20(28)31)27-9-7-26(8-10-27)16-6-1-13(21(23,24)25)11-17(16)29(32)33/h1-6,11-12H,7-10H2. The number of amides is 2. The predicted octanol–water partition coefficient (Wildman–Crippen LogP) is 3.85. The quantitative estimate of drug-likeness (QED) is 0.375. The summed E-state index contributed by atoms with van der Waals surface area (Å²) in [4.78, 5) is 40.2. The van der Waals surface area contributed by atoms with Gasteiger partial charge in [0.15, 0.2) is 0 Å². The third-order valence-electron chi connectivity index (χ3n) is 5.45. The van der Waals surface area contributed by atoms with Gasteiger partial charge in [0.05, 0.1) is 16.2 Å². The summed E-state index contributed by atoms with van der Waals surface area (Å²) >= 11 is 5.86. The van der Waals surface area contributed by atoms with Gasteiger partial charge in [0.1, 0.15) is 11.4 Å². The van der Waals surface area contributed by atoms with Crippen LogP contribution in [-0.2, 0) is 15.8 Å². The Morgan fingerprint density at radius 1 is 0.939 bits per heavy atom. The lowest BCUT2D eigenvalue weighted by Crippen LogP contribution is -2.47. The Morgan fingerprint density at radius 3 is 2.12 bits per heavy atom. The average Bonchev–Trinajstić information content (AvgIpc) is 3.07. The molecular weight excluding hydrogens is 465 g/mol. The topological polar surface area (TPSA) is 87.0 Å². The fraction of sp³-hybridized carbons (Fsp3) is 0.238. The van der Waals surface area contributed by atoms with E-state index in [1.165, 1.54) is 6.08 Å². The normalized spacial score (nSPS) is 17.0. The first kappa shape index (κ1) is 22.6. The molecule has 2 aromatic rings. The number of nitro benzene ring substituents is 1. The molecule has 2 heterocycles. The molecule has 172 valence electrons. The number of nitrogens with zero attached hydrogens (tertiary/aromatic N) is 4. The average molecular weight is 481 g/mol. The van der Waals surface area contributed by atoms with Crippen LogP contribution in [0.25, 0.3) is 0 Å². The molecule has 2 aromatic carbocycles. The second-order valence-electron chi connectivity index (χ2n) is 7.42. The van der Waals surface area contributed by atoms with Gasteiger partial charge in [-0.05, 0) is 36.4 Å². The van der Waals surface area contributed by atoms with Crippen molar-refractivity contribution >= 4 is 40.5 Å². The summed E-state index contributed by atoms with van der Waals surface area (Å²) in [6, 6.07) is 8.64. The maximum Gasteiger partial charge on any atom is 0.416 e. The number of rotatable bonds is 4. The van der Waals surface area contributed by atoms with Gasteiger partial charge >= 0.3 is 6.18 Å². The molecule has 0 radical (unpaired) electrons. The largest absolute Gasteiger partial charge is 0.416 e.